The smallest absolute Gasteiger partial charge is 0.111 e. The number of nitrogens with zero attached hydrogens (tertiary/aromatic N) is 3. The predicted octanol–water partition coefficient (Wildman–Crippen LogP) is 3.98. The first kappa shape index (κ1) is 13.5. The van der Waals surface area contributed by atoms with E-state index in [-0.39, 0.29) is 5.54 Å². The molecule has 104 valence electrons. The van der Waals surface area contributed by atoms with Crippen LogP contribution in [0.25, 0.3) is 11.0 Å². The van der Waals surface area contributed by atoms with Gasteiger partial charge in [-0.15, -0.1) is 11.6 Å². The number of nitriles is 1. The highest BCUT2D eigenvalue weighted by atomic mass is 35.5. The second kappa shape index (κ2) is 5.10. The van der Waals surface area contributed by atoms with Crippen molar-refractivity contribution in [3.05, 3.63) is 29.6 Å². The zero-order valence-electron chi connectivity index (χ0n) is 11.7. The van der Waals surface area contributed by atoms with Crippen molar-refractivity contribution in [2.75, 3.05) is 5.88 Å². The Morgan fingerprint density at radius 3 is 2.80 bits per heavy atom. The molecule has 0 saturated heterocycles. The molecule has 1 aromatic heterocycles. The van der Waals surface area contributed by atoms with Gasteiger partial charge in [0.15, 0.2) is 0 Å². The standard InChI is InChI=1S/C16H18ClN3/c1-16(7-2-3-8-16)20-14-10-12(11-18)4-5-13(14)19-15(20)6-9-17/h4-5,10H,2-3,6-9H2,1H3. The van der Waals surface area contributed by atoms with E-state index in [9.17, 15) is 0 Å². The summed E-state index contributed by atoms with van der Waals surface area (Å²) < 4.78 is 2.35. The first-order valence-electron chi connectivity index (χ1n) is 7.16. The van der Waals surface area contributed by atoms with E-state index >= 15 is 0 Å². The van der Waals surface area contributed by atoms with E-state index in [2.05, 4.69) is 17.6 Å². The molecule has 3 nitrogen and oxygen atoms in total. The monoisotopic (exact) mass is 287 g/mol. The van der Waals surface area contributed by atoms with Crippen molar-refractivity contribution in [1.29, 1.82) is 5.26 Å². The molecule has 1 saturated carbocycles. The van der Waals surface area contributed by atoms with Gasteiger partial charge in [0.1, 0.15) is 5.82 Å². The number of halogens is 1. The topological polar surface area (TPSA) is 41.6 Å². The third kappa shape index (κ3) is 2.09. The molecule has 20 heavy (non-hydrogen) atoms. The maximum absolute atomic E-state index is 9.13. The zero-order valence-corrected chi connectivity index (χ0v) is 12.5. The quantitative estimate of drug-likeness (QED) is 0.801. The number of hydrogen-bond acceptors (Lipinski definition) is 2. The fourth-order valence-electron chi connectivity index (χ4n) is 3.41. The lowest BCUT2D eigenvalue weighted by Crippen LogP contribution is -2.28. The first-order valence-corrected chi connectivity index (χ1v) is 7.69. The summed E-state index contributed by atoms with van der Waals surface area (Å²) in [5, 5.41) is 9.13. The average molecular weight is 288 g/mol. The van der Waals surface area contributed by atoms with Crippen LogP contribution in [0.15, 0.2) is 18.2 Å². The molecular weight excluding hydrogens is 270 g/mol. The van der Waals surface area contributed by atoms with Crippen LogP contribution in [0.3, 0.4) is 0 Å². The molecule has 0 spiro atoms. The van der Waals surface area contributed by atoms with E-state index in [1.807, 2.05) is 18.2 Å². The molecule has 1 aromatic carbocycles. The Morgan fingerprint density at radius 2 is 2.15 bits per heavy atom. The van der Waals surface area contributed by atoms with E-state index in [4.69, 9.17) is 21.8 Å². The number of rotatable bonds is 3. The Labute approximate surface area is 124 Å². The van der Waals surface area contributed by atoms with Gasteiger partial charge in [-0.05, 0) is 38.0 Å². The van der Waals surface area contributed by atoms with Crippen molar-refractivity contribution in [3.8, 4) is 6.07 Å². The number of benzene rings is 1. The summed E-state index contributed by atoms with van der Waals surface area (Å²) in [4.78, 5) is 4.74. The second-order valence-corrected chi connectivity index (χ2v) is 6.20. The van der Waals surface area contributed by atoms with Gasteiger partial charge in [-0.3, -0.25) is 0 Å². The molecule has 0 atom stereocenters. The van der Waals surface area contributed by atoms with Crippen molar-refractivity contribution < 1.29 is 0 Å². The lowest BCUT2D eigenvalue weighted by molar-refractivity contribution is 0.329. The van der Waals surface area contributed by atoms with Gasteiger partial charge in [0.2, 0.25) is 0 Å². The maximum Gasteiger partial charge on any atom is 0.111 e. The summed E-state index contributed by atoms with van der Waals surface area (Å²) in [7, 11) is 0. The number of fused-ring (bicyclic) bond motifs is 1. The third-order valence-electron chi connectivity index (χ3n) is 4.39. The van der Waals surface area contributed by atoms with Crippen LogP contribution >= 0.6 is 11.6 Å². The summed E-state index contributed by atoms with van der Waals surface area (Å²) in [6.45, 7) is 2.30. The molecule has 0 radical (unpaired) electrons. The number of hydrogen-bond donors (Lipinski definition) is 0. The van der Waals surface area contributed by atoms with Crippen LogP contribution in [-0.2, 0) is 12.0 Å². The summed E-state index contributed by atoms with van der Waals surface area (Å²) in [5.74, 6) is 1.62. The Morgan fingerprint density at radius 1 is 1.40 bits per heavy atom. The molecule has 4 heteroatoms. The largest absolute Gasteiger partial charge is 0.322 e. The molecule has 1 fully saturated rings. The minimum absolute atomic E-state index is 0.115. The molecule has 1 aliphatic rings. The van der Waals surface area contributed by atoms with Crippen LogP contribution in [0.4, 0.5) is 0 Å². The van der Waals surface area contributed by atoms with Crippen LogP contribution in [0.1, 0.15) is 44.0 Å². The van der Waals surface area contributed by atoms with Crippen molar-refractivity contribution in [1.82, 2.24) is 9.55 Å². The van der Waals surface area contributed by atoms with Gasteiger partial charge in [0.25, 0.3) is 0 Å². The average Bonchev–Trinajstić information content (AvgIpc) is 3.02. The molecule has 1 heterocycles. The van der Waals surface area contributed by atoms with Crippen molar-refractivity contribution in [2.45, 2.75) is 44.6 Å². The first-order chi connectivity index (χ1) is 9.68. The Hall–Kier alpha value is -1.53. The molecule has 0 unspecified atom stereocenters. The molecule has 0 N–H and O–H groups in total. The molecule has 2 aromatic rings. The number of alkyl halides is 1. The van der Waals surface area contributed by atoms with Gasteiger partial charge in [0, 0.05) is 17.8 Å². The number of aromatic nitrogens is 2. The van der Waals surface area contributed by atoms with Crippen LogP contribution in [0.2, 0.25) is 0 Å². The highest BCUT2D eigenvalue weighted by molar-refractivity contribution is 6.17. The second-order valence-electron chi connectivity index (χ2n) is 5.82. The summed E-state index contributed by atoms with van der Waals surface area (Å²) in [5.41, 5.74) is 2.85. The van der Waals surface area contributed by atoms with Gasteiger partial charge >= 0.3 is 0 Å². The van der Waals surface area contributed by atoms with E-state index in [0.717, 1.165) is 23.3 Å². The van der Waals surface area contributed by atoms with E-state index in [1.165, 1.54) is 25.7 Å². The number of imidazole rings is 1. The molecule has 0 bridgehead atoms. The Bertz CT molecular complexity index is 675. The Kier molecular flexibility index (Phi) is 3.43. The molecule has 3 rings (SSSR count). The third-order valence-corrected chi connectivity index (χ3v) is 4.58. The lowest BCUT2D eigenvalue weighted by atomic mass is 9.99. The van der Waals surface area contributed by atoms with Crippen molar-refractivity contribution in [3.63, 3.8) is 0 Å². The van der Waals surface area contributed by atoms with Gasteiger partial charge < -0.3 is 4.57 Å². The SMILES string of the molecule is CC1(n2c(CCCl)nc3ccc(C#N)cc32)CCCC1. The van der Waals surface area contributed by atoms with Crippen LogP contribution in [0, 0.1) is 11.3 Å². The van der Waals surface area contributed by atoms with Gasteiger partial charge in [-0.25, -0.2) is 4.98 Å². The van der Waals surface area contributed by atoms with Crippen LogP contribution in [0.5, 0.6) is 0 Å². The van der Waals surface area contributed by atoms with Crippen LogP contribution < -0.4 is 0 Å². The predicted molar refractivity (Wildman–Crippen MR) is 81.0 cm³/mol. The summed E-state index contributed by atoms with van der Waals surface area (Å²) in [6, 6.07) is 7.96. The van der Waals surface area contributed by atoms with Gasteiger partial charge in [-0.2, -0.15) is 5.26 Å². The number of aryl methyl sites for hydroxylation is 1. The van der Waals surface area contributed by atoms with E-state index < -0.39 is 0 Å². The molecule has 0 amide bonds. The summed E-state index contributed by atoms with van der Waals surface area (Å²) in [6.07, 6.45) is 5.63. The van der Waals surface area contributed by atoms with Gasteiger partial charge in [-0.1, -0.05) is 12.8 Å². The van der Waals surface area contributed by atoms with Gasteiger partial charge in [0.05, 0.1) is 22.7 Å². The van der Waals surface area contributed by atoms with Crippen LogP contribution in [-0.4, -0.2) is 15.4 Å². The molecule has 0 aliphatic heterocycles. The fraction of sp³-hybridized carbons (Fsp3) is 0.500. The van der Waals surface area contributed by atoms with E-state index in [0.29, 0.717) is 11.4 Å². The fourth-order valence-corrected chi connectivity index (χ4v) is 3.58. The minimum Gasteiger partial charge on any atom is -0.322 e. The normalized spacial score (nSPS) is 17.4. The lowest BCUT2D eigenvalue weighted by Gasteiger charge is -2.29. The molecular formula is C16H18ClN3. The highest BCUT2D eigenvalue weighted by Gasteiger charge is 2.33. The zero-order chi connectivity index (χ0) is 14.2. The van der Waals surface area contributed by atoms with E-state index in [1.54, 1.807) is 0 Å². The van der Waals surface area contributed by atoms with Crippen molar-refractivity contribution >= 4 is 22.6 Å². The highest BCUT2D eigenvalue weighted by Crippen LogP contribution is 2.39. The maximum atomic E-state index is 9.13. The summed E-state index contributed by atoms with van der Waals surface area (Å²) >= 11 is 5.94. The van der Waals surface area contributed by atoms with Crippen molar-refractivity contribution in [2.24, 2.45) is 0 Å². The minimum atomic E-state index is 0.115. The Balaban J connectivity index is 2.24. The molecule has 1 aliphatic carbocycles.